The monoisotopic (exact) mass is 262 g/mol. The van der Waals surface area contributed by atoms with Gasteiger partial charge in [0.15, 0.2) is 0 Å². The number of anilines is 1. The lowest BCUT2D eigenvalue weighted by atomic mass is 10.0. The van der Waals surface area contributed by atoms with Gasteiger partial charge in [0, 0.05) is 18.8 Å². The molecule has 104 valence electrons. The van der Waals surface area contributed by atoms with Crippen molar-refractivity contribution in [2.75, 3.05) is 31.6 Å². The molecule has 19 heavy (non-hydrogen) atoms. The molecule has 0 bridgehead atoms. The van der Waals surface area contributed by atoms with E-state index in [1.807, 2.05) is 11.9 Å². The third-order valence-electron chi connectivity index (χ3n) is 3.47. The van der Waals surface area contributed by atoms with E-state index >= 15 is 0 Å². The average Bonchev–Trinajstić information content (AvgIpc) is 2.32. The van der Waals surface area contributed by atoms with Gasteiger partial charge in [0.25, 0.3) is 5.91 Å². The molecule has 0 spiro atoms. The van der Waals surface area contributed by atoms with Crippen LogP contribution in [0.5, 0.6) is 0 Å². The highest BCUT2D eigenvalue weighted by atomic mass is 16.5. The quantitative estimate of drug-likeness (QED) is 0.899. The maximum absolute atomic E-state index is 12.5. The number of carbonyl (C=O) groups is 1. The number of amides is 1. The summed E-state index contributed by atoms with van der Waals surface area (Å²) in [6.45, 7) is 7.97. The van der Waals surface area contributed by atoms with Crippen LogP contribution in [-0.4, -0.2) is 38.8 Å². The van der Waals surface area contributed by atoms with E-state index in [0.717, 1.165) is 16.8 Å². The summed E-state index contributed by atoms with van der Waals surface area (Å²) in [5, 5.41) is 3.01. The Balaban J connectivity index is 2.33. The van der Waals surface area contributed by atoms with Crippen molar-refractivity contribution in [2.24, 2.45) is 0 Å². The summed E-state index contributed by atoms with van der Waals surface area (Å²) in [7, 11) is 1.83. The number of aryl methyl sites for hydroxylation is 3. The normalized spacial score (nSPS) is 19.9. The number of nitrogens with one attached hydrogen (secondary N) is 1. The van der Waals surface area contributed by atoms with E-state index in [0.29, 0.717) is 19.7 Å². The van der Waals surface area contributed by atoms with E-state index in [1.54, 1.807) is 0 Å². The summed E-state index contributed by atoms with van der Waals surface area (Å²) in [4.78, 5) is 14.3. The maximum Gasteiger partial charge on any atom is 0.257 e. The molecule has 1 N–H and O–H groups in total. The molecule has 1 atom stereocenters. The van der Waals surface area contributed by atoms with Crippen LogP contribution in [-0.2, 0) is 9.53 Å². The molecular weight excluding hydrogens is 240 g/mol. The van der Waals surface area contributed by atoms with Gasteiger partial charge in [0.05, 0.1) is 6.61 Å². The SMILES string of the molecule is CNCC1OCCN(c2c(C)cc(C)cc2C)C1=O. The van der Waals surface area contributed by atoms with Crippen molar-refractivity contribution in [3.05, 3.63) is 28.8 Å². The molecule has 0 radical (unpaired) electrons. The van der Waals surface area contributed by atoms with E-state index < -0.39 is 0 Å². The first kappa shape index (κ1) is 14.0. The lowest BCUT2D eigenvalue weighted by Crippen LogP contribution is -2.51. The smallest absolute Gasteiger partial charge is 0.257 e. The van der Waals surface area contributed by atoms with E-state index in [9.17, 15) is 4.79 Å². The van der Waals surface area contributed by atoms with Gasteiger partial charge in [-0.15, -0.1) is 0 Å². The van der Waals surface area contributed by atoms with Crippen LogP contribution in [0, 0.1) is 20.8 Å². The Hall–Kier alpha value is -1.39. The summed E-state index contributed by atoms with van der Waals surface area (Å²) < 4.78 is 5.53. The summed E-state index contributed by atoms with van der Waals surface area (Å²) in [6.07, 6.45) is -0.376. The second-order valence-corrected chi connectivity index (χ2v) is 5.15. The molecule has 4 heteroatoms. The number of benzene rings is 1. The van der Waals surface area contributed by atoms with E-state index in [2.05, 4.69) is 38.2 Å². The number of hydrogen-bond donors (Lipinski definition) is 1. The van der Waals surface area contributed by atoms with Gasteiger partial charge >= 0.3 is 0 Å². The first-order valence-electron chi connectivity index (χ1n) is 6.70. The number of hydrogen-bond acceptors (Lipinski definition) is 3. The van der Waals surface area contributed by atoms with Gasteiger partial charge in [0.2, 0.25) is 0 Å². The minimum absolute atomic E-state index is 0.0515. The summed E-state index contributed by atoms with van der Waals surface area (Å²) >= 11 is 0. The van der Waals surface area contributed by atoms with E-state index in [-0.39, 0.29) is 12.0 Å². The number of nitrogens with zero attached hydrogens (tertiary/aromatic N) is 1. The lowest BCUT2D eigenvalue weighted by molar-refractivity contribution is -0.133. The van der Waals surface area contributed by atoms with Crippen molar-refractivity contribution in [3.8, 4) is 0 Å². The van der Waals surface area contributed by atoms with Gasteiger partial charge in [-0.3, -0.25) is 4.79 Å². The lowest BCUT2D eigenvalue weighted by Gasteiger charge is -2.34. The molecule has 1 saturated heterocycles. The first-order chi connectivity index (χ1) is 9.04. The Kier molecular flexibility index (Phi) is 4.22. The molecule has 1 heterocycles. The van der Waals surface area contributed by atoms with Crippen LogP contribution < -0.4 is 10.2 Å². The highest BCUT2D eigenvalue weighted by Gasteiger charge is 2.31. The van der Waals surface area contributed by atoms with Gasteiger partial charge in [-0.1, -0.05) is 17.7 Å². The largest absolute Gasteiger partial charge is 0.365 e. The molecule has 1 unspecified atom stereocenters. The molecule has 0 aliphatic carbocycles. The maximum atomic E-state index is 12.5. The third kappa shape index (κ3) is 2.80. The van der Waals surface area contributed by atoms with Gasteiger partial charge in [-0.05, 0) is 38.9 Å². The number of carbonyl (C=O) groups excluding carboxylic acids is 1. The van der Waals surface area contributed by atoms with Gasteiger partial charge in [0.1, 0.15) is 6.10 Å². The minimum Gasteiger partial charge on any atom is -0.365 e. The Morgan fingerprint density at radius 2 is 1.95 bits per heavy atom. The van der Waals surface area contributed by atoms with Crippen LogP contribution >= 0.6 is 0 Å². The van der Waals surface area contributed by atoms with Crippen molar-refractivity contribution >= 4 is 11.6 Å². The predicted octanol–water partition coefficient (Wildman–Crippen LogP) is 1.56. The standard InChI is InChI=1S/C15H22N2O2/c1-10-7-11(2)14(12(3)8-10)17-5-6-19-13(9-16-4)15(17)18/h7-8,13,16H,5-6,9H2,1-4H3. The molecule has 1 fully saturated rings. The van der Waals surface area contributed by atoms with Gasteiger partial charge in [-0.25, -0.2) is 0 Å². The zero-order chi connectivity index (χ0) is 14.0. The summed E-state index contributed by atoms with van der Waals surface area (Å²) in [5.74, 6) is 0.0515. The molecule has 2 rings (SSSR count). The molecule has 1 aliphatic rings. The molecule has 1 aromatic rings. The van der Waals surface area contributed by atoms with Crippen LogP contribution in [0.25, 0.3) is 0 Å². The fourth-order valence-electron chi connectivity index (χ4n) is 2.79. The van der Waals surface area contributed by atoms with Crippen LogP contribution in [0.1, 0.15) is 16.7 Å². The molecule has 0 saturated carbocycles. The molecular formula is C15H22N2O2. The topological polar surface area (TPSA) is 41.6 Å². The number of rotatable bonds is 3. The highest BCUT2D eigenvalue weighted by Crippen LogP contribution is 2.28. The molecule has 1 aliphatic heterocycles. The van der Waals surface area contributed by atoms with Crippen molar-refractivity contribution < 1.29 is 9.53 Å². The van der Waals surface area contributed by atoms with E-state index in [1.165, 1.54) is 5.56 Å². The molecule has 0 aromatic heterocycles. The molecule has 1 aromatic carbocycles. The van der Waals surface area contributed by atoms with Crippen LogP contribution in [0.4, 0.5) is 5.69 Å². The Labute approximate surface area is 114 Å². The minimum atomic E-state index is -0.376. The zero-order valence-electron chi connectivity index (χ0n) is 12.1. The van der Waals surface area contributed by atoms with Crippen LogP contribution in [0.15, 0.2) is 12.1 Å². The zero-order valence-corrected chi connectivity index (χ0v) is 12.1. The highest BCUT2D eigenvalue weighted by molar-refractivity contribution is 5.98. The van der Waals surface area contributed by atoms with Crippen molar-refractivity contribution in [1.29, 1.82) is 0 Å². The fourth-order valence-corrected chi connectivity index (χ4v) is 2.79. The summed E-state index contributed by atoms with van der Waals surface area (Å²) in [6, 6.07) is 4.25. The number of likely N-dealkylation sites (N-methyl/N-ethyl adjacent to an activating group) is 1. The molecule has 4 nitrogen and oxygen atoms in total. The Bertz CT molecular complexity index is 460. The second-order valence-electron chi connectivity index (χ2n) is 5.15. The van der Waals surface area contributed by atoms with Crippen LogP contribution in [0.2, 0.25) is 0 Å². The van der Waals surface area contributed by atoms with Crippen molar-refractivity contribution in [2.45, 2.75) is 26.9 Å². The second kappa shape index (κ2) is 5.72. The first-order valence-corrected chi connectivity index (χ1v) is 6.70. The van der Waals surface area contributed by atoms with Gasteiger partial charge in [-0.2, -0.15) is 0 Å². The fraction of sp³-hybridized carbons (Fsp3) is 0.533. The Morgan fingerprint density at radius 1 is 1.32 bits per heavy atom. The van der Waals surface area contributed by atoms with E-state index in [4.69, 9.17) is 4.74 Å². The number of ether oxygens (including phenoxy) is 1. The van der Waals surface area contributed by atoms with Crippen molar-refractivity contribution in [1.82, 2.24) is 5.32 Å². The van der Waals surface area contributed by atoms with Gasteiger partial charge < -0.3 is 15.0 Å². The third-order valence-corrected chi connectivity index (χ3v) is 3.47. The average molecular weight is 262 g/mol. The van der Waals surface area contributed by atoms with Crippen molar-refractivity contribution in [3.63, 3.8) is 0 Å². The number of morpholine rings is 1. The van der Waals surface area contributed by atoms with Crippen LogP contribution in [0.3, 0.4) is 0 Å². The Morgan fingerprint density at radius 3 is 2.53 bits per heavy atom. The summed E-state index contributed by atoms with van der Waals surface area (Å²) in [5.41, 5.74) is 4.57. The molecule has 1 amide bonds. The predicted molar refractivity (Wildman–Crippen MR) is 76.7 cm³/mol.